The fourth-order valence-electron chi connectivity index (χ4n) is 3.79. The number of nitrogens with one attached hydrogen (secondary N) is 1. The van der Waals surface area contributed by atoms with Crippen LogP contribution in [0.2, 0.25) is 0 Å². The van der Waals surface area contributed by atoms with Crippen LogP contribution in [-0.2, 0) is 4.79 Å². The highest BCUT2D eigenvalue weighted by Gasteiger charge is 2.32. The van der Waals surface area contributed by atoms with E-state index in [4.69, 9.17) is 11.2 Å². The average molecular weight is 520 g/mol. The second kappa shape index (κ2) is 11.3. The Morgan fingerprint density at radius 3 is 2.86 bits per heavy atom. The van der Waals surface area contributed by atoms with Crippen LogP contribution in [0.15, 0.2) is 64.5 Å². The van der Waals surface area contributed by atoms with Crippen LogP contribution in [0.5, 0.6) is 5.75 Å². The van der Waals surface area contributed by atoms with Crippen molar-refractivity contribution in [2.75, 3.05) is 32.1 Å². The Labute approximate surface area is 218 Å². The van der Waals surface area contributed by atoms with Crippen LogP contribution in [0, 0.1) is 19.3 Å². The smallest absolute Gasteiger partial charge is 0.257 e. The number of anilines is 2. The van der Waals surface area contributed by atoms with Crippen molar-refractivity contribution in [3.63, 3.8) is 0 Å². The van der Waals surface area contributed by atoms with E-state index in [1.165, 1.54) is 29.2 Å². The highest BCUT2D eigenvalue weighted by molar-refractivity contribution is 8.01. The molecule has 3 heterocycles. The molecule has 8 nitrogen and oxygen atoms in total. The van der Waals surface area contributed by atoms with Crippen molar-refractivity contribution in [2.45, 2.75) is 22.1 Å². The van der Waals surface area contributed by atoms with E-state index < -0.39 is 6.04 Å². The summed E-state index contributed by atoms with van der Waals surface area (Å²) in [7, 11) is 1.54. The van der Waals surface area contributed by atoms with Crippen molar-refractivity contribution >= 4 is 45.9 Å². The van der Waals surface area contributed by atoms with E-state index in [0.29, 0.717) is 24.4 Å². The van der Waals surface area contributed by atoms with Gasteiger partial charge in [-0.1, -0.05) is 41.7 Å². The van der Waals surface area contributed by atoms with Crippen LogP contribution in [0.1, 0.15) is 15.9 Å². The highest BCUT2D eigenvalue weighted by atomic mass is 32.2. The average Bonchev–Trinajstić information content (AvgIpc) is 3.35. The number of ether oxygens (including phenoxy) is 1. The Hall–Kier alpha value is -3.81. The van der Waals surface area contributed by atoms with Gasteiger partial charge in [-0.2, -0.15) is 0 Å². The minimum Gasteiger partial charge on any atom is -0.496 e. The summed E-state index contributed by atoms with van der Waals surface area (Å²) in [6.07, 6.45) is 10.4. The molecule has 2 aromatic heterocycles. The van der Waals surface area contributed by atoms with Crippen LogP contribution in [0.4, 0.5) is 10.9 Å². The summed E-state index contributed by atoms with van der Waals surface area (Å²) in [4.78, 5) is 38.5. The summed E-state index contributed by atoms with van der Waals surface area (Å²) in [5.41, 5.74) is 1.42. The molecule has 2 amide bonds. The lowest BCUT2D eigenvalue weighted by Crippen LogP contribution is -2.55. The molecule has 1 aliphatic heterocycles. The summed E-state index contributed by atoms with van der Waals surface area (Å²) >= 11 is 3.03. The number of amides is 2. The zero-order valence-electron chi connectivity index (χ0n) is 19.9. The Morgan fingerprint density at radius 1 is 1.33 bits per heavy atom. The third kappa shape index (κ3) is 5.53. The summed E-state index contributed by atoms with van der Waals surface area (Å²) in [5.74, 6) is 3.40. The predicted octanol–water partition coefficient (Wildman–Crippen LogP) is 4.22. The highest BCUT2D eigenvalue weighted by Crippen LogP contribution is 2.39. The van der Waals surface area contributed by atoms with Gasteiger partial charge in [0.25, 0.3) is 5.91 Å². The van der Waals surface area contributed by atoms with E-state index in [-0.39, 0.29) is 18.4 Å². The van der Waals surface area contributed by atoms with Gasteiger partial charge in [0.15, 0.2) is 5.13 Å². The molecule has 184 valence electrons. The van der Waals surface area contributed by atoms with E-state index in [9.17, 15) is 9.59 Å². The molecule has 4 rings (SSSR count). The standard InChI is InChI=1S/C26H25N5O3S2/c1-5-18-16-30(11-12-31(18)23(32)6-2)25(33)19-14-21(17(3)13-20(19)34-4)35-24-15-28-26(36-24)29-22-9-7-8-10-27-22/h1,6-10,13-15,18H,2,11-12,16H2,3-4H3,(H,27,28,29)/t18-/m1/s1. The number of nitrogens with zero attached hydrogens (tertiary/aromatic N) is 4. The molecule has 1 saturated heterocycles. The molecule has 0 saturated carbocycles. The first-order chi connectivity index (χ1) is 17.4. The molecule has 1 aromatic carbocycles. The number of hydrogen-bond acceptors (Lipinski definition) is 8. The quantitative estimate of drug-likeness (QED) is 0.369. The number of thiazole rings is 1. The van der Waals surface area contributed by atoms with Crippen LogP contribution < -0.4 is 10.1 Å². The van der Waals surface area contributed by atoms with Gasteiger partial charge in [0, 0.05) is 24.2 Å². The number of aromatic nitrogens is 2. The number of benzene rings is 1. The Kier molecular flexibility index (Phi) is 7.93. The van der Waals surface area contributed by atoms with Crippen molar-refractivity contribution < 1.29 is 14.3 Å². The number of hydrogen-bond donors (Lipinski definition) is 1. The molecule has 1 atom stereocenters. The van der Waals surface area contributed by atoms with Gasteiger partial charge in [0.1, 0.15) is 17.6 Å². The number of aryl methyl sites for hydroxylation is 1. The lowest BCUT2D eigenvalue weighted by atomic mass is 10.1. The van der Waals surface area contributed by atoms with Crippen LogP contribution in [-0.4, -0.2) is 64.4 Å². The van der Waals surface area contributed by atoms with Gasteiger partial charge >= 0.3 is 0 Å². The first kappa shape index (κ1) is 25.3. The minimum absolute atomic E-state index is 0.193. The van der Waals surface area contributed by atoms with E-state index in [2.05, 4.69) is 27.8 Å². The molecular weight excluding hydrogens is 494 g/mol. The number of carbonyl (C=O) groups excluding carboxylic acids is 2. The molecule has 10 heteroatoms. The van der Waals surface area contributed by atoms with Gasteiger partial charge in [-0.25, -0.2) is 9.97 Å². The van der Waals surface area contributed by atoms with Crippen molar-refractivity contribution in [3.05, 3.63) is 66.5 Å². The number of carbonyl (C=O) groups is 2. The SMILES string of the molecule is C#C[C@@H]1CN(C(=O)c2cc(Sc3cnc(Nc4ccccn4)s3)c(C)cc2OC)CCN1C(=O)C=C. The third-order valence-electron chi connectivity index (χ3n) is 5.64. The monoisotopic (exact) mass is 519 g/mol. The number of terminal acetylenes is 1. The minimum atomic E-state index is -0.513. The van der Waals surface area contributed by atoms with Gasteiger partial charge in [-0.05, 0) is 42.8 Å². The molecular formula is C26H25N5O3S2. The van der Waals surface area contributed by atoms with Crippen molar-refractivity contribution in [1.82, 2.24) is 19.8 Å². The van der Waals surface area contributed by atoms with Crippen molar-refractivity contribution in [3.8, 4) is 18.1 Å². The fraction of sp³-hybridized carbons (Fsp3) is 0.231. The summed E-state index contributed by atoms with van der Waals surface area (Å²) in [5, 5.41) is 3.92. The van der Waals surface area contributed by atoms with Crippen LogP contribution >= 0.6 is 23.1 Å². The van der Waals surface area contributed by atoms with E-state index in [0.717, 1.165) is 25.6 Å². The second-order valence-corrected chi connectivity index (χ2v) is 10.3. The molecule has 0 unspecified atom stereocenters. The van der Waals surface area contributed by atoms with Crippen molar-refractivity contribution in [1.29, 1.82) is 0 Å². The zero-order chi connectivity index (χ0) is 25.7. The maximum absolute atomic E-state index is 13.5. The largest absolute Gasteiger partial charge is 0.496 e. The molecule has 1 N–H and O–H groups in total. The molecule has 0 spiro atoms. The van der Waals surface area contributed by atoms with E-state index in [1.807, 2.05) is 37.3 Å². The fourth-order valence-corrected chi connectivity index (χ4v) is 5.74. The summed E-state index contributed by atoms with van der Waals surface area (Å²) < 4.78 is 6.50. The Balaban J connectivity index is 1.54. The normalized spacial score (nSPS) is 15.2. The zero-order valence-corrected chi connectivity index (χ0v) is 21.6. The van der Waals surface area contributed by atoms with Crippen LogP contribution in [0.25, 0.3) is 0 Å². The Bertz CT molecular complexity index is 1320. The van der Waals surface area contributed by atoms with Crippen molar-refractivity contribution in [2.24, 2.45) is 0 Å². The number of methoxy groups -OCH3 is 1. The number of piperazine rings is 1. The lowest BCUT2D eigenvalue weighted by Gasteiger charge is -2.38. The van der Waals surface area contributed by atoms with Gasteiger partial charge < -0.3 is 19.9 Å². The maximum atomic E-state index is 13.5. The van der Waals surface area contributed by atoms with E-state index in [1.54, 1.807) is 29.3 Å². The van der Waals surface area contributed by atoms with Gasteiger partial charge in [0.05, 0.1) is 29.6 Å². The summed E-state index contributed by atoms with van der Waals surface area (Å²) in [6.45, 7) is 6.46. The van der Waals surface area contributed by atoms with Gasteiger partial charge in [0.2, 0.25) is 5.91 Å². The first-order valence-electron chi connectivity index (χ1n) is 11.1. The molecule has 0 aliphatic carbocycles. The predicted molar refractivity (Wildman–Crippen MR) is 142 cm³/mol. The lowest BCUT2D eigenvalue weighted by molar-refractivity contribution is -0.129. The molecule has 3 aromatic rings. The van der Waals surface area contributed by atoms with Gasteiger partial charge in [-0.15, -0.1) is 6.42 Å². The number of rotatable bonds is 7. The maximum Gasteiger partial charge on any atom is 0.257 e. The molecule has 1 aliphatic rings. The number of pyridine rings is 1. The third-order valence-corrected chi connectivity index (χ3v) is 7.81. The molecule has 1 fully saturated rings. The molecule has 0 bridgehead atoms. The topological polar surface area (TPSA) is 87.7 Å². The Morgan fingerprint density at radius 2 is 2.17 bits per heavy atom. The second-order valence-electron chi connectivity index (χ2n) is 7.91. The summed E-state index contributed by atoms with van der Waals surface area (Å²) in [6, 6.07) is 8.82. The van der Waals surface area contributed by atoms with E-state index >= 15 is 0 Å². The molecule has 0 radical (unpaired) electrons. The first-order valence-corrected chi connectivity index (χ1v) is 12.8. The molecule has 36 heavy (non-hydrogen) atoms. The van der Waals surface area contributed by atoms with Crippen LogP contribution in [0.3, 0.4) is 0 Å². The van der Waals surface area contributed by atoms with Gasteiger partial charge in [-0.3, -0.25) is 9.59 Å².